The molecule has 0 aliphatic carbocycles. The molecule has 3 rings (SSSR count). The van der Waals surface area contributed by atoms with Crippen LogP contribution in [0.15, 0.2) is 42.5 Å². The Morgan fingerprint density at radius 1 is 1.00 bits per heavy atom. The molecule has 0 saturated carbocycles. The van der Waals surface area contributed by atoms with Crippen molar-refractivity contribution in [2.24, 2.45) is 0 Å². The van der Waals surface area contributed by atoms with Gasteiger partial charge in [-0.15, -0.1) is 0 Å². The molecule has 0 fully saturated rings. The summed E-state index contributed by atoms with van der Waals surface area (Å²) in [6.45, 7) is 6.83. The first kappa shape index (κ1) is 15.6. The molecular weight excluding hydrogens is 288 g/mol. The average Bonchev–Trinajstić information content (AvgIpc) is 2.99. The molecule has 2 aromatic carbocycles. The van der Waals surface area contributed by atoms with Crippen molar-refractivity contribution in [3.63, 3.8) is 0 Å². The highest BCUT2D eigenvalue weighted by molar-refractivity contribution is 5.96. The Hall–Kier alpha value is -2.29. The van der Waals surface area contributed by atoms with Crippen LogP contribution < -0.4 is 9.47 Å². The van der Waals surface area contributed by atoms with Crippen LogP contribution in [0.4, 0.5) is 0 Å². The van der Waals surface area contributed by atoms with E-state index >= 15 is 0 Å². The smallest absolute Gasteiger partial charge is 0.231 e. The van der Waals surface area contributed by atoms with Crippen molar-refractivity contribution in [2.75, 3.05) is 6.79 Å². The van der Waals surface area contributed by atoms with E-state index in [1.165, 1.54) is 11.1 Å². The lowest BCUT2D eigenvalue weighted by atomic mass is 9.86. The van der Waals surface area contributed by atoms with Crippen LogP contribution in [-0.2, 0) is 11.8 Å². The number of ketones is 1. The van der Waals surface area contributed by atoms with Crippen molar-refractivity contribution in [2.45, 2.75) is 39.0 Å². The lowest BCUT2D eigenvalue weighted by molar-refractivity contribution is 0.0982. The maximum absolute atomic E-state index is 12.3. The van der Waals surface area contributed by atoms with Gasteiger partial charge in [-0.2, -0.15) is 0 Å². The van der Waals surface area contributed by atoms with Gasteiger partial charge in [0.15, 0.2) is 17.3 Å². The molecule has 0 atom stereocenters. The Bertz CT molecular complexity index is 709. The summed E-state index contributed by atoms with van der Waals surface area (Å²) in [4.78, 5) is 12.3. The Morgan fingerprint density at radius 3 is 2.39 bits per heavy atom. The van der Waals surface area contributed by atoms with Crippen LogP contribution in [0.1, 0.15) is 48.7 Å². The molecule has 0 radical (unpaired) electrons. The summed E-state index contributed by atoms with van der Waals surface area (Å²) in [6.07, 6.45) is 1.24. The molecule has 0 saturated heterocycles. The molecule has 23 heavy (non-hydrogen) atoms. The number of Topliss-reactive ketones (excluding diaryl/α,β-unsaturated/α-hetero) is 1. The fourth-order valence-corrected chi connectivity index (χ4v) is 2.64. The van der Waals surface area contributed by atoms with Crippen LogP contribution >= 0.6 is 0 Å². The van der Waals surface area contributed by atoms with E-state index in [0.29, 0.717) is 23.5 Å². The first-order chi connectivity index (χ1) is 10.9. The minimum absolute atomic E-state index is 0.128. The number of carbonyl (C=O) groups is 1. The molecule has 2 aromatic rings. The predicted octanol–water partition coefficient (Wildman–Crippen LogP) is 4.53. The van der Waals surface area contributed by atoms with Crippen molar-refractivity contribution in [1.29, 1.82) is 0 Å². The Kier molecular flexibility index (Phi) is 4.12. The van der Waals surface area contributed by atoms with Crippen LogP contribution in [0.3, 0.4) is 0 Å². The number of hydrogen-bond donors (Lipinski definition) is 0. The number of fused-ring (bicyclic) bond motifs is 1. The summed E-state index contributed by atoms with van der Waals surface area (Å²) in [5, 5.41) is 0. The van der Waals surface area contributed by atoms with Crippen LogP contribution in [0.2, 0.25) is 0 Å². The van der Waals surface area contributed by atoms with Crippen LogP contribution in [0, 0.1) is 0 Å². The van der Waals surface area contributed by atoms with Crippen molar-refractivity contribution in [3.8, 4) is 11.5 Å². The number of benzene rings is 2. The van der Waals surface area contributed by atoms with Crippen LogP contribution in [0.5, 0.6) is 11.5 Å². The van der Waals surface area contributed by atoms with E-state index in [1.54, 1.807) is 18.2 Å². The minimum Gasteiger partial charge on any atom is -0.454 e. The Labute approximate surface area is 137 Å². The highest BCUT2D eigenvalue weighted by Gasteiger charge is 2.16. The van der Waals surface area contributed by atoms with Crippen molar-refractivity contribution in [1.82, 2.24) is 0 Å². The normalized spacial score (nSPS) is 13.2. The van der Waals surface area contributed by atoms with E-state index in [4.69, 9.17) is 9.47 Å². The lowest BCUT2D eigenvalue weighted by Crippen LogP contribution is -2.10. The Balaban J connectivity index is 1.63. The molecular formula is C20H22O3. The summed E-state index contributed by atoms with van der Waals surface area (Å²) in [6, 6.07) is 13.9. The first-order valence-corrected chi connectivity index (χ1v) is 7.96. The second-order valence-corrected chi connectivity index (χ2v) is 6.94. The molecule has 3 nitrogen and oxygen atoms in total. The van der Waals surface area contributed by atoms with Gasteiger partial charge >= 0.3 is 0 Å². The molecule has 1 aliphatic heterocycles. The fourth-order valence-electron chi connectivity index (χ4n) is 2.64. The summed E-state index contributed by atoms with van der Waals surface area (Å²) in [5.41, 5.74) is 3.33. The van der Waals surface area contributed by atoms with E-state index in [0.717, 1.165) is 6.42 Å². The Morgan fingerprint density at radius 2 is 1.70 bits per heavy atom. The van der Waals surface area contributed by atoms with Gasteiger partial charge in [-0.25, -0.2) is 0 Å². The molecule has 0 amide bonds. The van der Waals surface area contributed by atoms with E-state index < -0.39 is 0 Å². The maximum Gasteiger partial charge on any atom is 0.231 e. The van der Waals surface area contributed by atoms with Gasteiger partial charge in [-0.3, -0.25) is 4.79 Å². The highest BCUT2D eigenvalue weighted by atomic mass is 16.7. The van der Waals surface area contributed by atoms with Gasteiger partial charge in [0.25, 0.3) is 0 Å². The summed E-state index contributed by atoms with van der Waals surface area (Å²) >= 11 is 0. The number of ether oxygens (including phenoxy) is 2. The van der Waals surface area contributed by atoms with Crippen molar-refractivity contribution in [3.05, 3.63) is 59.2 Å². The second kappa shape index (κ2) is 6.07. The van der Waals surface area contributed by atoms with E-state index in [9.17, 15) is 4.79 Å². The van der Waals surface area contributed by atoms with E-state index in [1.807, 2.05) is 0 Å². The van der Waals surface area contributed by atoms with Gasteiger partial charge in [0.05, 0.1) is 0 Å². The zero-order chi connectivity index (χ0) is 16.4. The molecule has 1 heterocycles. The first-order valence-electron chi connectivity index (χ1n) is 7.96. The molecule has 0 aromatic heterocycles. The largest absolute Gasteiger partial charge is 0.454 e. The standard InChI is InChI=1S/C20H22O3/c1-20(2,3)16-8-4-14(5-9-16)6-10-17(21)15-7-11-18-19(12-15)23-13-22-18/h4-5,7-9,11-12H,6,10,13H2,1-3H3. The summed E-state index contributed by atoms with van der Waals surface area (Å²) < 4.78 is 10.6. The molecule has 120 valence electrons. The number of rotatable bonds is 4. The predicted molar refractivity (Wildman–Crippen MR) is 90.4 cm³/mol. The molecule has 0 spiro atoms. The van der Waals surface area contributed by atoms with Gasteiger partial charge < -0.3 is 9.47 Å². The van der Waals surface area contributed by atoms with Gasteiger partial charge in [0.1, 0.15) is 0 Å². The molecule has 0 unspecified atom stereocenters. The van der Waals surface area contributed by atoms with Gasteiger partial charge in [-0.05, 0) is 41.2 Å². The van der Waals surface area contributed by atoms with Gasteiger partial charge in [0, 0.05) is 12.0 Å². The summed E-state index contributed by atoms with van der Waals surface area (Å²) in [5.74, 6) is 1.49. The van der Waals surface area contributed by atoms with Gasteiger partial charge in [-0.1, -0.05) is 45.0 Å². The topological polar surface area (TPSA) is 35.5 Å². The molecule has 0 bridgehead atoms. The third kappa shape index (κ3) is 3.55. The maximum atomic E-state index is 12.3. The zero-order valence-corrected chi connectivity index (χ0v) is 13.9. The van der Waals surface area contributed by atoms with E-state index in [-0.39, 0.29) is 18.0 Å². The third-order valence-electron chi connectivity index (χ3n) is 4.16. The third-order valence-corrected chi connectivity index (χ3v) is 4.16. The molecule has 1 aliphatic rings. The quantitative estimate of drug-likeness (QED) is 0.778. The number of hydrogen-bond acceptors (Lipinski definition) is 3. The van der Waals surface area contributed by atoms with Crippen molar-refractivity contribution < 1.29 is 14.3 Å². The second-order valence-electron chi connectivity index (χ2n) is 6.94. The van der Waals surface area contributed by atoms with Gasteiger partial charge in [0.2, 0.25) is 6.79 Å². The highest BCUT2D eigenvalue weighted by Crippen LogP contribution is 2.32. The molecule has 0 N–H and O–H groups in total. The number of aryl methyl sites for hydroxylation is 1. The van der Waals surface area contributed by atoms with Crippen molar-refractivity contribution >= 4 is 5.78 Å². The number of carbonyl (C=O) groups excluding carboxylic acids is 1. The zero-order valence-electron chi connectivity index (χ0n) is 13.9. The van der Waals surface area contributed by atoms with Crippen LogP contribution in [-0.4, -0.2) is 12.6 Å². The van der Waals surface area contributed by atoms with E-state index in [2.05, 4.69) is 45.0 Å². The SMILES string of the molecule is CC(C)(C)c1ccc(CCC(=O)c2ccc3c(c2)OCO3)cc1. The average molecular weight is 310 g/mol. The monoisotopic (exact) mass is 310 g/mol. The molecule has 3 heteroatoms. The fraction of sp³-hybridized carbons (Fsp3) is 0.350. The minimum atomic E-state index is 0.128. The summed E-state index contributed by atoms with van der Waals surface area (Å²) in [7, 11) is 0. The van der Waals surface area contributed by atoms with Crippen LogP contribution in [0.25, 0.3) is 0 Å². The lowest BCUT2D eigenvalue weighted by Gasteiger charge is -2.19.